The van der Waals surface area contributed by atoms with Gasteiger partial charge in [-0.25, -0.2) is 4.79 Å². The summed E-state index contributed by atoms with van der Waals surface area (Å²) in [5.41, 5.74) is 7.61. The lowest BCUT2D eigenvalue weighted by atomic mass is 9.69. The first-order chi connectivity index (χ1) is 10.9. The van der Waals surface area contributed by atoms with Gasteiger partial charge in [0.15, 0.2) is 0 Å². The Hall–Kier alpha value is -2.56. The van der Waals surface area contributed by atoms with Crippen LogP contribution in [0.5, 0.6) is 0 Å². The number of hydrogen-bond donors (Lipinski definition) is 1. The molecule has 1 aromatic carbocycles. The zero-order valence-electron chi connectivity index (χ0n) is 13.3. The van der Waals surface area contributed by atoms with Crippen LogP contribution < -0.4 is 5.73 Å². The topological polar surface area (TPSA) is 78.6 Å². The lowest BCUT2D eigenvalue weighted by molar-refractivity contribution is -0.148. The van der Waals surface area contributed by atoms with Crippen molar-refractivity contribution in [2.75, 3.05) is 7.11 Å². The van der Waals surface area contributed by atoms with Crippen molar-refractivity contribution < 1.29 is 19.1 Å². The minimum absolute atomic E-state index is 0.313. The third-order valence-corrected chi connectivity index (χ3v) is 4.48. The first kappa shape index (κ1) is 15.3. The second kappa shape index (κ2) is 5.26. The maximum Gasteiger partial charge on any atom is 0.336 e. The van der Waals surface area contributed by atoms with Crippen molar-refractivity contribution in [2.45, 2.75) is 19.4 Å². The minimum Gasteiger partial charge on any atom is -0.466 e. The quantitative estimate of drug-likeness (QED) is 0.845. The van der Waals surface area contributed by atoms with Gasteiger partial charge in [0, 0.05) is 5.70 Å². The van der Waals surface area contributed by atoms with Gasteiger partial charge in [-0.1, -0.05) is 30.3 Å². The van der Waals surface area contributed by atoms with Crippen LogP contribution in [0.15, 0.2) is 47.7 Å². The summed E-state index contributed by atoms with van der Waals surface area (Å²) in [6.07, 6.45) is 1.69. The van der Waals surface area contributed by atoms with E-state index in [1.54, 1.807) is 19.9 Å². The molecule has 0 radical (unpaired) electrons. The van der Waals surface area contributed by atoms with E-state index in [1.807, 2.05) is 30.3 Å². The van der Waals surface area contributed by atoms with E-state index >= 15 is 0 Å². The summed E-state index contributed by atoms with van der Waals surface area (Å²) in [5.74, 6) is -1.90. The highest BCUT2D eigenvalue weighted by Gasteiger charge is 2.56. The lowest BCUT2D eigenvalue weighted by Gasteiger charge is -2.32. The van der Waals surface area contributed by atoms with E-state index in [0.717, 1.165) is 11.1 Å². The number of nitrogens with two attached hydrogens (primary N) is 1. The fourth-order valence-electron chi connectivity index (χ4n) is 3.51. The fourth-order valence-corrected chi connectivity index (χ4v) is 3.51. The highest BCUT2D eigenvalue weighted by atomic mass is 16.6. The van der Waals surface area contributed by atoms with Crippen molar-refractivity contribution in [3.8, 4) is 0 Å². The molecule has 1 aliphatic heterocycles. The minimum atomic E-state index is -0.829. The largest absolute Gasteiger partial charge is 0.466 e. The third kappa shape index (κ3) is 2.32. The SMILES string of the molecule is COC(=O)C1=C(N)C=C(c2ccccc2)[C@H]2C(=O)OC(C)(C)[C@@H]12. The van der Waals surface area contributed by atoms with Crippen molar-refractivity contribution in [1.29, 1.82) is 0 Å². The van der Waals surface area contributed by atoms with Crippen molar-refractivity contribution in [3.63, 3.8) is 0 Å². The molecule has 0 saturated carbocycles. The molecule has 5 nitrogen and oxygen atoms in total. The van der Waals surface area contributed by atoms with Crippen LogP contribution in [0.3, 0.4) is 0 Å². The van der Waals surface area contributed by atoms with Gasteiger partial charge in [0.1, 0.15) is 5.60 Å². The van der Waals surface area contributed by atoms with E-state index in [1.165, 1.54) is 7.11 Å². The molecule has 2 atom stereocenters. The molecule has 1 saturated heterocycles. The van der Waals surface area contributed by atoms with Gasteiger partial charge < -0.3 is 15.2 Å². The molecule has 5 heteroatoms. The molecule has 0 unspecified atom stereocenters. The Morgan fingerprint density at radius 3 is 2.52 bits per heavy atom. The molecule has 3 rings (SSSR count). The van der Waals surface area contributed by atoms with Crippen LogP contribution in [0.1, 0.15) is 19.4 Å². The van der Waals surface area contributed by atoms with Gasteiger partial charge in [0.25, 0.3) is 0 Å². The number of carbonyl (C=O) groups is 2. The second-order valence-corrected chi connectivity index (χ2v) is 6.31. The van der Waals surface area contributed by atoms with Gasteiger partial charge in [-0.2, -0.15) is 0 Å². The molecule has 0 bridgehead atoms. The van der Waals surface area contributed by atoms with Crippen LogP contribution in [-0.2, 0) is 19.1 Å². The van der Waals surface area contributed by atoms with Crippen molar-refractivity contribution in [3.05, 3.63) is 53.2 Å². The summed E-state index contributed by atoms with van der Waals surface area (Å²) in [4.78, 5) is 24.7. The van der Waals surface area contributed by atoms with Crippen molar-refractivity contribution in [1.82, 2.24) is 0 Å². The van der Waals surface area contributed by atoms with Crippen LogP contribution in [0.2, 0.25) is 0 Å². The van der Waals surface area contributed by atoms with Crippen LogP contribution in [-0.4, -0.2) is 24.6 Å². The Morgan fingerprint density at radius 1 is 1.26 bits per heavy atom. The zero-order valence-corrected chi connectivity index (χ0v) is 13.3. The summed E-state index contributed by atoms with van der Waals surface area (Å²) >= 11 is 0. The molecule has 0 spiro atoms. The molecule has 1 aromatic rings. The Kier molecular flexibility index (Phi) is 3.51. The normalized spacial score (nSPS) is 25.5. The Morgan fingerprint density at radius 2 is 1.91 bits per heavy atom. The average molecular weight is 313 g/mol. The summed E-state index contributed by atoms with van der Waals surface area (Å²) in [6.45, 7) is 3.58. The van der Waals surface area contributed by atoms with Crippen LogP contribution >= 0.6 is 0 Å². The predicted octanol–water partition coefficient (Wildman–Crippen LogP) is 2.04. The van der Waals surface area contributed by atoms with Crippen LogP contribution in [0.4, 0.5) is 0 Å². The molecule has 2 N–H and O–H groups in total. The Balaban J connectivity index is 2.22. The number of rotatable bonds is 2. The number of allylic oxidation sites excluding steroid dienone is 1. The third-order valence-electron chi connectivity index (χ3n) is 4.48. The monoisotopic (exact) mass is 313 g/mol. The zero-order chi connectivity index (χ0) is 16.8. The molecule has 23 heavy (non-hydrogen) atoms. The number of hydrogen-bond acceptors (Lipinski definition) is 5. The summed E-state index contributed by atoms with van der Waals surface area (Å²) < 4.78 is 10.4. The maximum atomic E-state index is 12.5. The molecule has 2 aliphatic rings. The van der Waals surface area contributed by atoms with Gasteiger partial charge in [0.05, 0.1) is 24.5 Å². The van der Waals surface area contributed by atoms with E-state index in [9.17, 15) is 9.59 Å². The molecule has 0 amide bonds. The van der Waals surface area contributed by atoms with Gasteiger partial charge in [-0.3, -0.25) is 4.79 Å². The standard InChI is InChI=1S/C18H19NO4/c1-18(2)15-13(17(21)23-18)11(10-7-5-4-6-8-10)9-12(19)14(15)16(20)22-3/h4-9,13,15H,19H2,1-3H3/t13-,15-/m1/s1. The number of cyclic esters (lactones) is 1. The van der Waals surface area contributed by atoms with Gasteiger partial charge in [-0.15, -0.1) is 0 Å². The summed E-state index contributed by atoms with van der Waals surface area (Å²) in [5, 5.41) is 0. The summed E-state index contributed by atoms with van der Waals surface area (Å²) in [6, 6.07) is 9.52. The predicted molar refractivity (Wildman–Crippen MR) is 84.8 cm³/mol. The second-order valence-electron chi connectivity index (χ2n) is 6.31. The first-order valence-electron chi connectivity index (χ1n) is 7.44. The van der Waals surface area contributed by atoms with E-state index in [2.05, 4.69) is 0 Å². The first-order valence-corrected chi connectivity index (χ1v) is 7.44. The van der Waals surface area contributed by atoms with E-state index in [0.29, 0.717) is 11.3 Å². The number of carbonyl (C=O) groups excluding carboxylic acids is 2. The molecular weight excluding hydrogens is 294 g/mol. The highest BCUT2D eigenvalue weighted by molar-refractivity contribution is 6.00. The molecule has 1 heterocycles. The average Bonchev–Trinajstić information content (AvgIpc) is 2.76. The van der Waals surface area contributed by atoms with Gasteiger partial charge in [-0.05, 0) is 31.1 Å². The number of benzene rings is 1. The number of methoxy groups -OCH3 is 1. The number of ether oxygens (including phenoxy) is 2. The van der Waals surface area contributed by atoms with E-state index in [4.69, 9.17) is 15.2 Å². The fraction of sp³-hybridized carbons (Fsp3) is 0.333. The maximum absolute atomic E-state index is 12.5. The van der Waals surface area contributed by atoms with Crippen molar-refractivity contribution >= 4 is 17.5 Å². The smallest absolute Gasteiger partial charge is 0.336 e. The Labute approximate surface area is 134 Å². The number of fused-ring (bicyclic) bond motifs is 1. The molecule has 120 valence electrons. The molecule has 1 fully saturated rings. The summed E-state index contributed by atoms with van der Waals surface area (Å²) in [7, 11) is 1.30. The van der Waals surface area contributed by atoms with E-state index < -0.39 is 23.4 Å². The molecular formula is C18H19NO4. The van der Waals surface area contributed by atoms with Gasteiger partial charge >= 0.3 is 11.9 Å². The van der Waals surface area contributed by atoms with E-state index in [-0.39, 0.29) is 5.97 Å². The van der Waals surface area contributed by atoms with Crippen LogP contribution in [0.25, 0.3) is 5.57 Å². The Bertz CT molecular complexity index is 731. The lowest BCUT2D eigenvalue weighted by Crippen LogP contribution is -2.38. The number of esters is 2. The van der Waals surface area contributed by atoms with Crippen molar-refractivity contribution in [2.24, 2.45) is 17.6 Å². The molecule has 1 aliphatic carbocycles. The van der Waals surface area contributed by atoms with Gasteiger partial charge in [0.2, 0.25) is 0 Å². The molecule has 0 aromatic heterocycles. The highest BCUT2D eigenvalue weighted by Crippen LogP contribution is 2.50. The van der Waals surface area contributed by atoms with Crippen LogP contribution in [0, 0.1) is 11.8 Å².